The van der Waals surface area contributed by atoms with Gasteiger partial charge < -0.3 is 19.9 Å². The van der Waals surface area contributed by atoms with Gasteiger partial charge in [0.1, 0.15) is 0 Å². The third kappa shape index (κ3) is 7.13. The Morgan fingerprint density at radius 2 is 2.29 bits per heavy atom. The van der Waals surface area contributed by atoms with Gasteiger partial charge in [0.05, 0.1) is 19.3 Å². The summed E-state index contributed by atoms with van der Waals surface area (Å²) in [6.07, 6.45) is 0.168. The zero-order valence-electron chi connectivity index (χ0n) is 14.7. The number of benzene rings is 1. The summed E-state index contributed by atoms with van der Waals surface area (Å²) in [6, 6.07) is 7.93. The van der Waals surface area contributed by atoms with E-state index in [2.05, 4.69) is 35.2 Å². The summed E-state index contributed by atoms with van der Waals surface area (Å²) in [7, 11) is 4.16. The number of guanidine groups is 1. The summed E-state index contributed by atoms with van der Waals surface area (Å²) >= 11 is 6.06. The van der Waals surface area contributed by atoms with Crippen molar-refractivity contribution in [1.82, 2.24) is 15.1 Å². The molecule has 1 aromatic rings. The van der Waals surface area contributed by atoms with Gasteiger partial charge in [0.2, 0.25) is 0 Å². The summed E-state index contributed by atoms with van der Waals surface area (Å²) in [5.41, 5.74) is 1.17. The number of likely N-dealkylation sites (N-methyl/N-ethyl adjacent to an activating group) is 1. The molecule has 0 aliphatic carbocycles. The second-order valence-electron chi connectivity index (χ2n) is 5.94. The molecule has 7 heteroatoms. The number of halogens is 2. The van der Waals surface area contributed by atoms with Crippen molar-refractivity contribution in [2.75, 3.05) is 46.9 Å². The lowest BCUT2D eigenvalue weighted by molar-refractivity contribution is -0.0137. The molecule has 2 rings (SSSR count). The van der Waals surface area contributed by atoms with Crippen LogP contribution in [0.1, 0.15) is 12.5 Å². The highest BCUT2D eigenvalue weighted by Gasteiger charge is 2.17. The molecular formula is C17H28ClIN4O. The molecule has 1 saturated heterocycles. The first kappa shape index (κ1) is 21.5. The van der Waals surface area contributed by atoms with Crippen molar-refractivity contribution in [3.63, 3.8) is 0 Å². The summed E-state index contributed by atoms with van der Waals surface area (Å²) in [4.78, 5) is 9.13. The van der Waals surface area contributed by atoms with Gasteiger partial charge in [0.15, 0.2) is 5.96 Å². The van der Waals surface area contributed by atoms with Crippen molar-refractivity contribution in [1.29, 1.82) is 0 Å². The molecule has 136 valence electrons. The average molecular weight is 467 g/mol. The summed E-state index contributed by atoms with van der Waals surface area (Å²) in [6.45, 7) is 7.06. The van der Waals surface area contributed by atoms with Crippen molar-refractivity contribution in [3.05, 3.63) is 34.9 Å². The Labute approximate surface area is 167 Å². The lowest BCUT2D eigenvalue weighted by atomic mass is 10.2. The van der Waals surface area contributed by atoms with Crippen LogP contribution in [0.25, 0.3) is 0 Å². The Hall–Kier alpha value is -0.570. The minimum absolute atomic E-state index is 0. The zero-order chi connectivity index (χ0) is 16.7. The van der Waals surface area contributed by atoms with Crippen LogP contribution in [0, 0.1) is 0 Å². The fourth-order valence-electron chi connectivity index (χ4n) is 2.62. The standard InChI is InChI=1S/C17H27ClN4O.HI/c1-4-19-17(20-11-16-13-21(2)8-9-23-16)22(3)12-14-6-5-7-15(18)10-14;/h5-7,10,16H,4,8-9,11-13H2,1-3H3,(H,19,20);1H. The third-order valence-electron chi connectivity index (χ3n) is 3.79. The first-order valence-corrected chi connectivity index (χ1v) is 8.50. The van der Waals surface area contributed by atoms with E-state index in [9.17, 15) is 0 Å². The van der Waals surface area contributed by atoms with Crippen LogP contribution >= 0.6 is 35.6 Å². The molecule has 1 N–H and O–H groups in total. The number of ether oxygens (including phenoxy) is 1. The topological polar surface area (TPSA) is 40.1 Å². The van der Waals surface area contributed by atoms with Gasteiger partial charge in [-0.3, -0.25) is 4.99 Å². The van der Waals surface area contributed by atoms with Crippen LogP contribution < -0.4 is 5.32 Å². The van der Waals surface area contributed by atoms with Gasteiger partial charge in [0, 0.05) is 38.2 Å². The molecule has 0 spiro atoms. The van der Waals surface area contributed by atoms with Gasteiger partial charge in [-0.25, -0.2) is 0 Å². The Kier molecular flexibility index (Phi) is 9.95. The van der Waals surface area contributed by atoms with E-state index >= 15 is 0 Å². The maximum atomic E-state index is 6.06. The smallest absolute Gasteiger partial charge is 0.194 e. The number of hydrogen-bond donors (Lipinski definition) is 1. The molecule has 1 fully saturated rings. The molecule has 0 radical (unpaired) electrons. The molecule has 1 aliphatic heterocycles. The highest BCUT2D eigenvalue weighted by Crippen LogP contribution is 2.12. The SMILES string of the molecule is CCNC(=NCC1CN(C)CCO1)N(C)Cc1cccc(Cl)c1.I. The molecule has 0 amide bonds. The van der Waals surface area contributed by atoms with Crippen LogP contribution in [-0.2, 0) is 11.3 Å². The lowest BCUT2D eigenvalue weighted by Gasteiger charge is -2.29. The maximum absolute atomic E-state index is 6.06. The normalized spacial score (nSPS) is 18.8. The first-order chi connectivity index (χ1) is 11.1. The van der Waals surface area contributed by atoms with Gasteiger partial charge in [-0.15, -0.1) is 24.0 Å². The second kappa shape index (κ2) is 11.1. The third-order valence-corrected chi connectivity index (χ3v) is 4.03. The van der Waals surface area contributed by atoms with Crippen LogP contribution in [0.15, 0.2) is 29.3 Å². The molecular weight excluding hydrogens is 439 g/mol. The van der Waals surface area contributed by atoms with Crippen LogP contribution in [0.4, 0.5) is 0 Å². The Balaban J connectivity index is 0.00000288. The van der Waals surface area contributed by atoms with E-state index in [1.54, 1.807) is 0 Å². The summed E-state index contributed by atoms with van der Waals surface area (Å²) in [5.74, 6) is 0.893. The van der Waals surface area contributed by atoms with E-state index in [1.165, 1.54) is 5.56 Å². The fraction of sp³-hybridized carbons (Fsp3) is 0.588. The lowest BCUT2D eigenvalue weighted by Crippen LogP contribution is -2.43. The van der Waals surface area contributed by atoms with E-state index < -0.39 is 0 Å². The number of hydrogen-bond acceptors (Lipinski definition) is 3. The molecule has 0 aromatic heterocycles. The minimum Gasteiger partial charge on any atom is -0.374 e. The minimum atomic E-state index is 0. The number of nitrogens with zero attached hydrogens (tertiary/aromatic N) is 3. The molecule has 0 bridgehead atoms. The van der Waals surface area contributed by atoms with Gasteiger partial charge in [-0.1, -0.05) is 23.7 Å². The van der Waals surface area contributed by atoms with E-state index in [4.69, 9.17) is 21.3 Å². The Morgan fingerprint density at radius 3 is 2.96 bits per heavy atom. The molecule has 1 aromatic carbocycles. The predicted octanol–water partition coefficient (Wildman–Crippen LogP) is 2.69. The zero-order valence-corrected chi connectivity index (χ0v) is 17.8. The number of rotatable bonds is 5. The number of nitrogens with one attached hydrogen (secondary N) is 1. The number of aliphatic imine (C=N–C) groups is 1. The van der Waals surface area contributed by atoms with E-state index in [1.807, 2.05) is 25.2 Å². The average Bonchev–Trinajstić information content (AvgIpc) is 2.51. The molecule has 1 heterocycles. The van der Waals surface area contributed by atoms with Crippen LogP contribution in [0.5, 0.6) is 0 Å². The van der Waals surface area contributed by atoms with Gasteiger partial charge in [-0.2, -0.15) is 0 Å². The van der Waals surface area contributed by atoms with Gasteiger partial charge >= 0.3 is 0 Å². The number of morpholine rings is 1. The molecule has 0 saturated carbocycles. The van der Waals surface area contributed by atoms with Gasteiger partial charge in [0.25, 0.3) is 0 Å². The first-order valence-electron chi connectivity index (χ1n) is 8.12. The summed E-state index contributed by atoms with van der Waals surface area (Å²) in [5, 5.41) is 4.10. The van der Waals surface area contributed by atoms with Crippen molar-refractivity contribution < 1.29 is 4.74 Å². The van der Waals surface area contributed by atoms with Crippen molar-refractivity contribution in [2.24, 2.45) is 4.99 Å². The van der Waals surface area contributed by atoms with Crippen molar-refractivity contribution in [2.45, 2.75) is 19.6 Å². The highest BCUT2D eigenvalue weighted by molar-refractivity contribution is 14.0. The van der Waals surface area contributed by atoms with Gasteiger partial charge in [-0.05, 0) is 31.7 Å². The Bertz CT molecular complexity index is 529. The quantitative estimate of drug-likeness (QED) is 0.411. The van der Waals surface area contributed by atoms with E-state index in [-0.39, 0.29) is 30.1 Å². The Morgan fingerprint density at radius 1 is 1.50 bits per heavy atom. The predicted molar refractivity (Wildman–Crippen MR) is 112 cm³/mol. The van der Waals surface area contributed by atoms with Crippen LogP contribution in [0.2, 0.25) is 5.02 Å². The summed E-state index contributed by atoms with van der Waals surface area (Å²) < 4.78 is 5.78. The van der Waals surface area contributed by atoms with Crippen LogP contribution in [-0.4, -0.2) is 68.7 Å². The fourth-order valence-corrected chi connectivity index (χ4v) is 2.83. The largest absolute Gasteiger partial charge is 0.374 e. The molecule has 1 unspecified atom stereocenters. The second-order valence-corrected chi connectivity index (χ2v) is 6.37. The van der Waals surface area contributed by atoms with Crippen LogP contribution in [0.3, 0.4) is 0 Å². The molecule has 1 atom stereocenters. The van der Waals surface area contributed by atoms with E-state index in [0.29, 0.717) is 6.54 Å². The molecule has 24 heavy (non-hydrogen) atoms. The molecule has 5 nitrogen and oxygen atoms in total. The molecule has 1 aliphatic rings. The van der Waals surface area contributed by atoms with Crippen molar-refractivity contribution in [3.8, 4) is 0 Å². The maximum Gasteiger partial charge on any atom is 0.194 e. The highest BCUT2D eigenvalue weighted by atomic mass is 127. The van der Waals surface area contributed by atoms with Crippen molar-refractivity contribution >= 4 is 41.5 Å². The monoisotopic (exact) mass is 466 g/mol. The van der Waals surface area contributed by atoms with E-state index in [0.717, 1.165) is 43.8 Å².